The Balaban J connectivity index is 1.71. The number of aromatic nitrogens is 2. The van der Waals surface area contributed by atoms with Gasteiger partial charge in [0.15, 0.2) is 11.5 Å². The van der Waals surface area contributed by atoms with Crippen molar-refractivity contribution in [2.24, 2.45) is 0 Å². The molecule has 0 N–H and O–H groups in total. The molecular formula is C22H23N3O5. The molecular weight excluding hydrogens is 386 g/mol. The van der Waals surface area contributed by atoms with E-state index in [2.05, 4.69) is 16.7 Å². The van der Waals surface area contributed by atoms with Crippen LogP contribution >= 0.6 is 0 Å². The van der Waals surface area contributed by atoms with Crippen molar-refractivity contribution in [3.05, 3.63) is 66.6 Å². The van der Waals surface area contributed by atoms with Gasteiger partial charge >= 0.3 is 0 Å². The second kappa shape index (κ2) is 9.60. The number of ether oxygens (including phenoxy) is 3. The summed E-state index contributed by atoms with van der Waals surface area (Å²) in [5, 5.41) is 4.00. The minimum absolute atomic E-state index is 0.164. The summed E-state index contributed by atoms with van der Waals surface area (Å²) in [7, 11) is 4.79. The van der Waals surface area contributed by atoms with Crippen molar-refractivity contribution in [2.45, 2.75) is 6.54 Å². The minimum Gasteiger partial charge on any atom is -0.493 e. The van der Waals surface area contributed by atoms with Crippen LogP contribution in [0.5, 0.6) is 17.2 Å². The second-order valence-electron chi connectivity index (χ2n) is 6.37. The monoisotopic (exact) mass is 409 g/mol. The van der Waals surface area contributed by atoms with Gasteiger partial charge in [-0.15, -0.1) is 0 Å². The van der Waals surface area contributed by atoms with Crippen LogP contribution < -0.4 is 14.2 Å². The first-order valence-corrected chi connectivity index (χ1v) is 9.20. The van der Waals surface area contributed by atoms with Gasteiger partial charge in [0.05, 0.1) is 20.8 Å². The number of benzene rings is 2. The molecule has 0 aliphatic carbocycles. The number of hydrogen-bond donors (Lipinski definition) is 0. The molecule has 0 atom stereocenters. The smallest absolute Gasteiger partial charge is 0.254 e. The highest BCUT2D eigenvalue weighted by atomic mass is 16.5. The van der Waals surface area contributed by atoms with Gasteiger partial charge < -0.3 is 23.6 Å². The molecule has 1 aromatic heterocycles. The molecule has 2 aromatic carbocycles. The molecule has 0 aliphatic rings. The van der Waals surface area contributed by atoms with Crippen molar-refractivity contribution in [3.63, 3.8) is 0 Å². The summed E-state index contributed by atoms with van der Waals surface area (Å²) in [5.41, 5.74) is 1.21. The fourth-order valence-corrected chi connectivity index (χ4v) is 2.78. The zero-order chi connectivity index (χ0) is 21.5. The number of methoxy groups -OCH3 is 2. The molecule has 0 bridgehead atoms. The van der Waals surface area contributed by atoms with E-state index in [9.17, 15) is 4.79 Å². The van der Waals surface area contributed by atoms with Crippen LogP contribution in [0.2, 0.25) is 0 Å². The van der Waals surface area contributed by atoms with E-state index in [-0.39, 0.29) is 12.5 Å². The van der Waals surface area contributed by atoms with Crippen LogP contribution in [0.1, 0.15) is 16.2 Å². The molecule has 0 fully saturated rings. The lowest BCUT2D eigenvalue weighted by molar-refractivity contribution is 0.0769. The average Bonchev–Trinajstić information content (AvgIpc) is 3.25. The summed E-state index contributed by atoms with van der Waals surface area (Å²) in [4.78, 5) is 18.6. The summed E-state index contributed by atoms with van der Waals surface area (Å²) in [6.07, 6.45) is 1.65. The molecule has 1 amide bonds. The summed E-state index contributed by atoms with van der Waals surface area (Å²) in [6, 6.07) is 12.3. The maximum Gasteiger partial charge on any atom is 0.254 e. The topological polar surface area (TPSA) is 86.9 Å². The van der Waals surface area contributed by atoms with E-state index in [1.165, 1.54) is 4.90 Å². The van der Waals surface area contributed by atoms with Gasteiger partial charge in [0.2, 0.25) is 11.7 Å². The van der Waals surface area contributed by atoms with Gasteiger partial charge in [-0.1, -0.05) is 23.9 Å². The summed E-state index contributed by atoms with van der Waals surface area (Å²) in [5.74, 6) is 2.29. The Labute approximate surface area is 174 Å². The van der Waals surface area contributed by atoms with Crippen molar-refractivity contribution in [2.75, 3.05) is 27.9 Å². The molecule has 0 radical (unpaired) electrons. The molecule has 156 valence electrons. The summed E-state index contributed by atoms with van der Waals surface area (Å²) < 4.78 is 21.3. The third kappa shape index (κ3) is 4.78. The molecule has 30 heavy (non-hydrogen) atoms. The van der Waals surface area contributed by atoms with Crippen LogP contribution in [0, 0.1) is 0 Å². The van der Waals surface area contributed by atoms with E-state index in [1.807, 2.05) is 0 Å². The van der Waals surface area contributed by atoms with Crippen molar-refractivity contribution in [1.29, 1.82) is 0 Å². The predicted octanol–water partition coefficient (Wildman–Crippen LogP) is 3.59. The van der Waals surface area contributed by atoms with E-state index in [0.29, 0.717) is 46.7 Å². The zero-order valence-corrected chi connectivity index (χ0v) is 17.1. The third-order valence-corrected chi connectivity index (χ3v) is 4.28. The number of carbonyl (C=O) groups excluding carboxylic acids is 1. The van der Waals surface area contributed by atoms with Crippen molar-refractivity contribution < 1.29 is 23.5 Å². The quantitative estimate of drug-likeness (QED) is 0.499. The Kier molecular flexibility index (Phi) is 6.69. The highest BCUT2D eigenvalue weighted by molar-refractivity contribution is 5.94. The van der Waals surface area contributed by atoms with Crippen LogP contribution in [0.15, 0.2) is 59.6 Å². The number of carbonyl (C=O) groups is 1. The molecule has 0 unspecified atom stereocenters. The number of nitrogens with zero attached hydrogens (tertiary/aromatic N) is 3. The first kappa shape index (κ1) is 20.9. The highest BCUT2D eigenvalue weighted by Crippen LogP contribution is 2.31. The first-order chi connectivity index (χ1) is 14.5. The summed E-state index contributed by atoms with van der Waals surface area (Å²) >= 11 is 0. The van der Waals surface area contributed by atoms with Crippen LogP contribution in [0.3, 0.4) is 0 Å². The summed E-state index contributed by atoms with van der Waals surface area (Å²) in [6.45, 7) is 4.15. The SMILES string of the molecule is C=CCOc1cccc(C(=O)N(C)Cc2nc(-c3ccc(OC)c(OC)c3)no2)c1. The molecule has 1 heterocycles. The van der Waals surface area contributed by atoms with Crippen molar-refractivity contribution >= 4 is 5.91 Å². The Morgan fingerprint density at radius 3 is 2.70 bits per heavy atom. The molecule has 8 heteroatoms. The average molecular weight is 409 g/mol. The fraction of sp³-hybridized carbons (Fsp3) is 0.227. The van der Waals surface area contributed by atoms with Gasteiger partial charge in [-0.2, -0.15) is 4.98 Å². The van der Waals surface area contributed by atoms with Crippen LogP contribution in [0.4, 0.5) is 0 Å². The van der Waals surface area contributed by atoms with E-state index >= 15 is 0 Å². The normalized spacial score (nSPS) is 10.4. The molecule has 0 spiro atoms. The first-order valence-electron chi connectivity index (χ1n) is 9.20. The molecule has 0 saturated heterocycles. The van der Waals surface area contributed by atoms with Gasteiger partial charge in [0, 0.05) is 18.2 Å². The largest absolute Gasteiger partial charge is 0.493 e. The Bertz CT molecular complexity index is 1030. The maximum absolute atomic E-state index is 12.7. The lowest BCUT2D eigenvalue weighted by Crippen LogP contribution is -2.26. The lowest BCUT2D eigenvalue weighted by atomic mass is 10.2. The van der Waals surface area contributed by atoms with Crippen LogP contribution in [0.25, 0.3) is 11.4 Å². The molecule has 3 rings (SSSR count). The second-order valence-corrected chi connectivity index (χ2v) is 6.37. The van der Waals surface area contributed by atoms with E-state index in [1.54, 1.807) is 69.8 Å². The Hall–Kier alpha value is -3.81. The predicted molar refractivity (Wildman–Crippen MR) is 111 cm³/mol. The number of rotatable bonds is 9. The molecule has 0 aliphatic heterocycles. The molecule has 8 nitrogen and oxygen atoms in total. The maximum atomic E-state index is 12.7. The number of amides is 1. The Morgan fingerprint density at radius 1 is 1.17 bits per heavy atom. The number of hydrogen-bond acceptors (Lipinski definition) is 7. The van der Waals surface area contributed by atoms with E-state index in [0.717, 1.165) is 0 Å². The van der Waals surface area contributed by atoms with Crippen molar-refractivity contribution in [3.8, 4) is 28.6 Å². The molecule has 3 aromatic rings. The van der Waals surface area contributed by atoms with Gasteiger partial charge in [0.1, 0.15) is 12.4 Å². The third-order valence-electron chi connectivity index (χ3n) is 4.28. The van der Waals surface area contributed by atoms with Crippen LogP contribution in [-0.4, -0.2) is 48.8 Å². The highest BCUT2D eigenvalue weighted by Gasteiger charge is 2.17. The van der Waals surface area contributed by atoms with Gasteiger partial charge in [0.25, 0.3) is 5.91 Å². The van der Waals surface area contributed by atoms with Gasteiger partial charge in [-0.3, -0.25) is 4.79 Å². The fourth-order valence-electron chi connectivity index (χ4n) is 2.78. The van der Waals surface area contributed by atoms with Gasteiger partial charge in [-0.05, 0) is 36.4 Å². The molecule has 0 saturated carbocycles. The van der Waals surface area contributed by atoms with Crippen molar-refractivity contribution in [1.82, 2.24) is 15.0 Å². The van der Waals surface area contributed by atoms with E-state index in [4.69, 9.17) is 18.7 Å². The van der Waals surface area contributed by atoms with Crippen LogP contribution in [-0.2, 0) is 6.54 Å². The lowest BCUT2D eigenvalue weighted by Gasteiger charge is -2.15. The van der Waals surface area contributed by atoms with Gasteiger partial charge in [-0.25, -0.2) is 0 Å². The Morgan fingerprint density at radius 2 is 1.97 bits per heavy atom. The van der Waals surface area contributed by atoms with E-state index < -0.39 is 0 Å². The minimum atomic E-state index is -0.190. The standard InChI is InChI=1S/C22H23N3O5/c1-5-11-29-17-8-6-7-16(12-17)22(26)25(2)14-20-23-21(24-30-20)15-9-10-18(27-3)19(13-15)28-4/h5-10,12-13H,1,11,14H2,2-4H3. The zero-order valence-electron chi connectivity index (χ0n) is 17.1.